The number of aliphatic imine (C=N–C) groups is 2. The topological polar surface area (TPSA) is 70.9 Å². The molecule has 28 heavy (non-hydrogen) atoms. The lowest BCUT2D eigenvalue weighted by Gasteiger charge is -2.16. The molecule has 1 N–H and O–H groups in total. The second kappa shape index (κ2) is 8.43. The second-order valence-corrected chi connectivity index (χ2v) is 8.58. The Balaban J connectivity index is 1.37. The average molecular weight is 396 g/mol. The molecule has 0 fully saturated rings. The minimum Gasteiger partial charge on any atom is -0.326 e. The zero-order chi connectivity index (χ0) is 19.5. The van der Waals surface area contributed by atoms with Crippen LogP contribution in [0.2, 0.25) is 0 Å². The number of fused-ring (bicyclic) bond motifs is 2. The normalized spacial score (nSPS) is 21.5. The number of hydrogen-bond donors (Lipinski definition) is 1. The van der Waals surface area contributed by atoms with Crippen LogP contribution in [-0.2, 0) is 16.0 Å². The molecule has 6 heteroatoms. The van der Waals surface area contributed by atoms with Gasteiger partial charge in [0.2, 0.25) is 5.91 Å². The Kier molecular flexibility index (Phi) is 5.76. The number of nitrogens with one attached hydrogen (secondary N) is 1. The van der Waals surface area contributed by atoms with Crippen molar-refractivity contribution in [3.63, 3.8) is 0 Å². The number of carbonyl (C=O) groups excluding carboxylic acids is 2. The van der Waals surface area contributed by atoms with Gasteiger partial charge in [-0.3, -0.25) is 9.59 Å². The molecule has 0 saturated heterocycles. The van der Waals surface area contributed by atoms with E-state index in [1.165, 1.54) is 28.9 Å². The zero-order valence-corrected chi connectivity index (χ0v) is 17.0. The van der Waals surface area contributed by atoms with Crippen LogP contribution in [0, 0.1) is 5.92 Å². The lowest BCUT2D eigenvalue weighted by molar-refractivity contribution is -0.119. The van der Waals surface area contributed by atoms with Crippen molar-refractivity contribution in [3.05, 3.63) is 40.3 Å². The van der Waals surface area contributed by atoms with E-state index in [4.69, 9.17) is 0 Å². The lowest BCUT2D eigenvalue weighted by atomic mass is 9.94. The molecule has 0 saturated carbocycles. The highest BCUT2D eigenvalue weighted by Crippen LogP contribution is 2.46. The van der Waals surface area contributed by atoms with Gasteiger partial charge in [0.05, 0.1) is 5.04 Å². The summed E-state index contributed by atoms with van der Waals surface area (Å²) in [5.41, 5.74) is 3.24. The number of hydrogen-bond acceptors (Lipinski definition) is 4. The molecule has 5 nitrogen and oxygen atoms in total. The van der Waals surface area contributed by atoms with Crippen LogP contribution in [0.3, 0.4) is 0 Å². The van der Waals surface area contributed by atoms with Crippen LogP contribution in [0.1, 0.15) is 57.4 Å². The third-order valence-electron chi connectivity index (χ3n) is 5.45. The van der Waals surface area contributed by atoms with Gasteiger partial charge in [-0.1, -0.05) is 37.2 Å². The molecule has 1 aromatic rings. The third kappa shape index (κ3) is 4.12. The Morgan fingerprint density at radius 3 is 2.93 bits per heavy atom. The van der Waals surface area contributed by atoms with Gasteiger partial charge in [-0.05, 0) is 60.3 Å². The fraction of sp³-hybridized carbons (Fsp3) is 0.455. The molecule has 1 aromatic carbocycles. The van der Waals surface area contributed by atoms with Crippen molar-refractivity contribution < 1.29 is 9.59 Å². The summed E-state index contributed by atoms with van der Waals surface area (Å²) in [5.74, 6) is 0.0560. The molecule has 0 spiro atoms. The predicted molar refractivity (Wildman–Crippen MR) is 115 cm³/mol. The SMILES string of the molecule is CCc1cccc(NC(=O)CCC2=NC(=O)C3C(=N2)SC2=C3CCCCC2)c1. The summed E-state index contributed by atoms with van der Waals surface area (Å²) >= 11 is 1.67. The number of carbonyl (C=O) groups is 2. The van der Waals surface area contributed by atoms with Crippen molar-refractivity contribution in [2.24, 2.45) is 15.9 Å². The van der Waals surface area contributed by atoms with Crippen molar-refractivity contribution >= 4 is 40.1 Å². The summed E-state index contributed by atoms with van der Waals surface area (Å²) < 4.78 is 0. The Morgan fingerprint density at radius 1 is 1.21 bits per heavy atom. The maximum Gasteiger partial charge on any atom is 0.261 e. The highest BCUT2D eigenvalue weighted by molar-refractivity contribution is 8.17. The number of amides is 2. The molecule has 2 heterocycles. The summed E-state index contributed by atoms with van der Waals surface area (Å²) in [6.45, 7) is 2.08. The Bertz CT molecular complexity index is 901. The first-order chi connectivity index (χ1) is 13.6. The van der Waals surface area contributed by atoms with Gasteiger partial charge in [-0.25, -0.2) is 4.99 Å². The van der Waals surface area contributed by atoms with Crippen LogP contribution >= 0.6 is 11.8 Å². The standard InChI is InChI=1S/C22H25N3O2S/c1-2-14-7-6-8-15(13-14)23-19(26)12-11-18-24-21(27)20-16-9-4-3-5-10-17(16)28-22(20)25-18/h6-8,13,20H,2-5,9-12H2,1H3,(H,23,26). The van der Waals surface area contributed by atoms with Gasteiger partial charge in [0.15, 0.2) is 0 Å². The van der Waals surface area contributed by atoms with Crippen molar-refractivity contribution in [2.75, 3.05) is 5.32 Å². The van der Waals surface area contributed by atoms with Crippen LogP contribution < -0.4 is 5.32 Å². The number of anilines is 1. The number of rotatable bonds is 5. The number of benzene rings is 1. The largest absolute Gasteiger partial charge is 0.326 e. The van der Waals surface area contributed by atoms with E-state index in [2.05, 4.69) is 22.2 Å². The molecule has 0 radical (unpaired) electrons. The van der Waals surface area contributed by atoms with Crippen molar-refractivity contribution in [2.45, 2.75) is 58.3 Å². The van der Waals surface area contributed by atoms with E-state index < -0.39 is 0 Å². The highest BCUT2D eigenvalue weighted by atomic mass is 32.2. The van der Waals surface area contributed by atoms with Crippen LogP contribution in [0.25, 0.3) is 0 Å². The van der Waals surface area contributed by atoms with Crippen LogP contribution in [0.15, 0.2) is 44.7 Å². The van der Waals surface area contributed by atoms with E-state index in [0.29, 0.717) is 12.3 Å². The first kappa shape index (κ1) is 19.1. The number of aryl methyl sites for hydroxylation is 1. The van der Waals surface area contributed by atoms with Crippen LogP contribution in [-0.4, -0.2) is 22.7 Å². The fourth-order valence-electron chi connectivity index (χ4n) is 3.95. The zero-order valence-electron chi connectivity index (χ0n) is 16.2. The molecule has 2 amide bonds. The molecule has 4 rings (SSSR count). The molecule has 1 unspecified atom stereocenters. The molecular weight excluding hydrogens is 370 g/mol. The predicted octanol–water partition coefficient (Wildman–Crippen LogP) is 4.89. The summed E-state index contributed by atoms with van der Waals surface area (Å²) in [6, 6.07) is 7.86. The number of allylic oxidation sites excluding steroid dienone is 1. The Morgan fingerprint density at radius 2 is 2.07 bits per heavy atom. The first-order valence-corrected chi connectivity index (χ1v) is 10.9. The van der Waals surface area contributed by atoms with Crippen LogP contribution in [0.5, 0.6) is 0 Å². The minimum absolute atomic E-state index is 0.0845. The second-order valence-electron chi connectivity index (χ2n) is 7.46. The monoisotopic (exact) mass is 395 g/mol. The van der Waals surface area contributed by atoms with E-state index in [1.807, 2.05) is 24.3 Å². The molecule has 0 bridgehead atoms. The van der Waals surface area contributed by atoms with Gasteiger partial charge in [0, 0.05) is 18.5 Å². The molecule has 2 aliphatic heterocycles. The minimum atomic E-state index is -0.243. The molecule has 1 aliphatic carbocycles. The highest BCUT2D eigenvalue weighted by Gasteiger charge is 2.39. The number of nitrogens with zero attached hydrogens (tertiary/aromatic N) is 2. The fourth-order valence-corrected chi connectivity index (χ4v) is 5.31. The van der Waals surface area contributed by atoms with E-state index in [9.17, 15) is 9.59 Å². The number of thioether (sulfide) groups is 1. The molecule has 1 atom stereocenters. The molecule has 3 aliphatic rings. The van der Waals surface area contributed by atoms with Gasteiger partial charge in [0.1, 0.15) is 11.8 Å². The van der Waals surface area contributed by atoms with Gasteiger partial charge < -0.3 is 5.32 Å². The van der Waals surface area contributed by atoms with Crippen molar-refractivity contribution in [1.82, 2.24) is 0 Å². The van der Waals surface area contributed by atoms with Crippen molar-refractivity contribution in [1.29, 1.82) is 0 Å². The average Bonchev–Trinajstić information content (AvgIpc) is 2.88. The Labute approximate surface area is 169 Å². The lowest BCUT2D eigenvalue weighted by Crippen LogP contribution is -2.26. The first-order valence-electron chi connectivity index (χ1n) is 10.1. The summed E-state index contributed by atoms with van der Waals surface area (Å²) in [7, 11) is 0. The van der Waals surface area contributed by atoms with E-state index in [1.54, 1.807) is 11.8 Å². The van der Waals surface area contributed by atoms with Crippen molar-refractivity contribution in [3.8, 4) is 0 Å². The number of amidine groups is 1. The summed E-state index contributed by atoms with van der Waals surface area (Å²) in [5, 5.41) is 3.79. The van der Waals surface area contributed by atoms with Crippen LogP contribution in [0.4, 0.5) is 5.69 Å². The van der Waals surface area contributed by atoms with E-state index >= 15 is 0 Å². The quantitative estimate of drug-likeness (QED) is 0.772. The molecular formula is C22H25N3O2S. The molecule has 0 aromatic heterocycles. The third-order valence-corrected chi connectivity index (χ3v) is 6.70. The van der Waals surface area contributed by atoms with E-state index in [0.717, 1.165) is 36.4 Å². The smallest absolute Gasteiger partial charge is 0.261 e. The summed E-state index contributed by atoms with van der Waals surface area (Å²) in [6.07, 6.45) is 7.18. The maximum atomic E-state index is 12.6. The van der Waals surface area contributed by atoms with Gasteiger partial charge >= 0.3 is 0 Å². The van der Waals surface area contributed by atoms with Gasteiger partial charge in [-0.15, -0.1) is 0 Å². The van der Waals surface area contributed by atoms with E-state index in [-0.39, 0.29) is 24.2 Å². The van der Waals surface area contributed by atoms with Gasteiger partial charge in [-0.2, -0.15) is 4.99 Å². The summed E-state index contributed by atoms with van der Waals surface area (Å²) in [4.78, 5) is 35.1. The Hall–Kier alpha value is -2.21. The maximum absolute atomic E-state index is 12.6. The molecule has 146 valence electrons. The van der Waals surface area contributed by atoms with Gasteiger partial charge in [0.25, 0.3) is 5.91 Å².